The van der Waals surface area contributed by atoms with Gasteiger partial charge in [-0.2, -0.15) is 5.10 Å². The lowest BCUT2D eigenvalue weighted by Gasteiger charge is -2.33. The van der Waals surface area contributed by atoms with Gasteiger partial charge in [-0.05, 0) is 32.6 Å². The second-order valence-corrected chi connectivity index (χ2v) is 4.78. The van der Waals surface area contributed by atoms with Crippen molar-refractivity contribution < 1.29 is 4.79 Å². The third-order valence-electron chi connectivity index (χ3n) is 3.37. The molecule has 18 heavy (non-hydrogen) atoms. The Kier molecular flexibility index (Phi) is 4.55. The standard InChI is InChI=1S/C12H21N5O/c1-11-5-2-3-8-17(11)12(18)14-6-4-7-16-10-13-9-15-16/h9-11H,2-8H2,1H3,(H,14,18)/t11-/m1/s1. The van der Waals surface area contributed by atoms with Crippen LogP contribution in [-0.4, -0.2) is 44.8 Å². The van der Waals surface area contributed by atoms with Crippen molar-refractivity contribution >= 4 is 6.03 Å². The van der Waals surface area contributed by atoms with Crippen molar-refractivity contribution in [2.45, 2.75) is 45.2 Å². The first-order chi connectivity index (χ1) is 8.77. The van der Waals surface area contributed by atoms with Crippen LogP contribution in [0.2, 0.25) is 0 Å². The molecule has 2 rings (SSSR count). The monoisotopic (exact) mass is 251 g/mol. The number of hydrogen-bond acceptors (Lipinski definition) is 3. The van der Waals surface area contributed by atoms with Gasteiger partial charge in [0.25, 0.3) is 0 Å². The number of likely N-dealkylation sites (tertiary alicyclic amines) is 1. The Hall–Kier alpha value is -1.59. The number of aryl methyl sites for hydroxylation is 1. The third kappa shape index (κ3) is 3.45. The predicted molar refractivity (Wildman–Crippen MR) is 68.1 cm³/mol. The topological polar surface area (TPSA) is 63.1 Å². The molecular weight excluding hydrogens is 230 g/mol. The van der Waals surface area contributed by atoms with E-state index in [1.165, 1.54) is 12.7 Å². The van der Waals surface area contributed by atoms with Gasteiger partial charge in [-0.3, -0.25) is 4.68 Å². The molecule has 0 spiro atoms. The van der Waals surface area contributed by atoms with Gasteiger partial charge in [0.2, 0.25) is 0 Å². The van der Waals surface area contributed by atoms with Crippen molar-refractivity contribution in [2.75, 3.05) is 13.1 Å². The molecule has 100 valence electrons. The number of aromatic nitrogens is 3. The maximum absolute atomic E-state index is 11.9. The molecule has 0 bridgehead atoms. The average Bonchev–Trinajstić information content (AvgIpc) is 2.88. The summed E-state index contributed by atoms with van der Waals surface area (Å²) in [4.78, 5) is 17.8. The Bertz CT molecular complexity index is 365. The quantitative estimate of drug-likeness (QED) is 0.819. The highest BCUT2D eigenvalue weighted by Crippen LogP contribution is 2.15. The minimum atomic E-state index is 0.0702. The van der Waals surface area contributed by atoms with Crippen LogP contribution in [0.15, 0.2) is 12.7 Å². The van der Waals surface area contributed by atoms with Gasteiger partial charge in [-0.15, -0.1) is 0 Å². The summed E-state index contributed by atoms with van der Waals surface area (Å²) in [6.07, 6.45) is 7.56. The van der Waals surface area contributed by atoms with Crippen molar-refractivity contribution in [3.63, 3.8) is 0 Å². The van der Waals surface area contributed by atoms with Crippen molar-refractivity contribution in [3.05, 3.63) is 12.7 Å². The summed E-state index contributed by atoms with van der Waals surface area (Å²) in [5.41, 5.74) is 0. The van der Waals surface area contributed by atoms with Gasteiger partial charge in [0.05, 0.1) is 0 Å². The van der Waals surface area contributed by atoms with Crippen molar-refractivity contribution in [3.8, 4) is 0 Å². The molecule has 2 amide bonds. The second-order valence-electron chi connectivity index (χ2n) is 4.78. The first kappa shape index (κ1) is 12.9. The van der Waals surface area contributed by atoms with E-state index in [2.05, 4.69) is 22.3 Å². The number of amides is 2. The lowest BCUT2D eigenvalue weighted by molar-refractivity contribution is 0.158. The van der Waals surface area contributed by atoms with Gasteiger partial charge in [0.15, 0.2) is 0 Å². The summed E-state index contributed by atoms with van der Waals surface area (Å²) in [5.74, 6) is 0. The second kappa shape index (κ2) is 6.37. The highest BCUT2D eigenvalue weighted by atomic mass is 16.2. The summed E-state index contributed by atoms with van der Waals surface area (Å²) < 4.78 is 1.77. The molecule has 0 radical (unpaired) electrons. The van der Waals surface area contributed by atoms with E-state index in [1.54, 1.807) is 11.0 Å². The summed E-state index contributed by atoms with van der Waals surface area (Å²) in [7, 11) is 0. The molecule has 6 nitrogen and oxygen atoms in total. The first-order valence-electron chi connectivity index (χ1n) is 6.64. The minimum absolute atomic E-state index is 0.0702. The average molecular weight is 251 g/mol. The lowest BCUT2D eigenvalue weighted by Crippen LogP contribution is -2.47. The summed E-state index contributed by atoms with van der Waals surface area (Å²) in [6, 6.07) is 0.440. The Balaban J connectivity index is 1.65. The Morgan fingerprint density at radius 2 is 2.39 bits per heavy atom. The van der Waals surface area contributed by atoms with Crippen LogP contribution in [0.4, 0.5) is 4.79 Å². The number of nitrogens with one attached hydrogen (secondary N) is 1. The summed E-state index contributed by atoms with van der Waals surface area (Å²) >= 11 is 0. The van der Waals surface area contributed by atoms with Gasteiger partial charge < -0.3 is 10.2 Å². The van der Waals surface area contributed by atoms with E-state index in [-0.39, 0.29) is 6.03 Å². The number of carbonyl (C=O) groups excluding carboxylic acids is 1. The molecule has 1 aliphatic rings. The molecule has 6 heteroatoms. The predicted octanol–water partition coefficient (Wildman–Crippen LogP) is 1.25. The van der Waals surface area contributed by atoms with E-state index in [4.69, 9.17) is 0 Å². The molecule has 1 aliphatic heterocycles. The number of nitrogens with zero attached hydrogens (tertiary/aromatic N) is 4. The molecule has 1 aromatic rings. The minimum Gasteiger partial charge on any atom is -0.338 e. The van der Waals surface area contributed by atoms with Crippen LogP contribution < -0.4 is 5.32 Å². The fraction of sp³-hybridized carbons (Fsp3) is 0.750. The van der Waals surface area contributed by atoms with Crippen LogP contribution in [0.5, 0.6) is 0 Å². The zero-order chi connectivity index (χ0) is 12.8. The van der Waals surface area contributed by atoms with Crippen molar-refractivity contribution in [2.24, 2.45) is 0 Å². The number of urea groups is 1. The molecule has 1 saturated heterocycles. The van der Waals surface area contributed by atoms with E-state index >= 15 is 0 Å². The van der Waals surface area contributed by atoms with Crippen LogP contribution in [0.1, 0.15) is 32.6 Å². The SMILES string of the molecule is C[C@@H]1CCCCN1C(=O)NCCCn1cncn1. The van der Waals surface area contributed by atoms with Crippen LogP contribution in [0, 0.1) is 0 Å². The van der Waals surface area contributed by atoms with Crippen molar-refractivity contribution in [1.82, 2.24) is 25.0 Å². The number of rotatable bonds is 4. The highest BCUT2D eigenvalue weighted by Gasteiger charge is 2.22. The van der Waals surface area contributed by atoms with Crippen LogP contribution in [0.25, 0.3) is 0 Å². The fourth-order valence-electron chi connectivity index (χ4n) is 2.29. The van der Waals surface area contributed by atoms with E-state index in [0.29, 0.717) is 12.6 Å². The molecular formula is C12H21N5O. The molecule has 0 unspecified atom stereocenters. The maximum Gasteiger partial charge on any atom is 0.317 e. The first-order valence-corrected chi connectivity index (χ1v) is 6.64. The smallest absolute Gasteiger partial charge is 0.317 e. The van der Waals surface area contributed by atoms with E-state index in [1.807, 2.05) is 4.90 Å². The highest BCUT2D eigenvalue weighted by molar-refractivity contribution is 5.74. The fourth-order valence-corrected chi connectivity index (χ4v) is 2.29. The number of carbonyl (C=O) groups is 1. The Morgan fingerprint density at radius 1 is 1.50 bits per heavy atom. The normalized spacial score (nSPS) is 19.8. The third-order valence-corrected chi connectivity index (χ3v) is 3.37. The molecule has 1 N–H and O–H groups in total. The summed E-state index contributed by atoms with van der Waals surface area (Å²) in [5, 5.41) is 6.99. The maximum atomic E-state index is 11.9. The molecule has 0 saturated carbocycles. The van der Waals surface area contributed by atoms with E-state index < -0.39 is 0 Å². The molecule has 1 fully saturated rings. The van der Waals surface area contributed by atoms with Gasteiger partial charge in [0.1, 0.15) is 12.7 Å². The molecule has 0 aromatic carbocycles. The van der Waals surface area contributed by atoms with Gasteiger partial charge in [0, 0.05) is 25.7 Å². The number of hydrogen-bond donors (Lipinski definition) is 1. The molecule has 1 atom stereocenters. The van der Waals surface area contributed by atoms with Gasteiger partial charge in [-0.1, -0.05) is 0 Å². The van der Waals surface area contributed by atoms with Crippen LogP contribution >= 0.6 is 0 Å². The van der Waals surface area contributed by atoms with Gasteiger partial charge >= 0.3 is 6.03 Å². The van der Waals surface area contributed by atoms with E-state index in [0.717, 1.165) is 32.4 Å². The van der Waals surface area contributed by atoms with Crippen LogP contribution in [0.3, 0.4) is 0 Å². The van der Waals surface area contributed by atoms with Crippen molar-refractivity contribution in [1.29, 1.82) is 0 Å². The zero-order valence-electron chi connectivity index (χ0n) is 10.9. The van der Waals surface area contributed by atoms with Gasteiger partial charge in [-0.25, -0.2) is 9.78 Å². The summed E-state index contributed by atoms with van der Waals surface area (Å²) in [6.45, 7) is 4.47. The zero-order valence-corrected chi connectivity index (χ0v) is 10.9. The molecule has 2 heterocycles. The largest absolute Gasteiger partial charge is 0.338 e. The lowest BCUT2D eigenvalue weighted by atomic mass is 10.0. The Labute approximate surface area is 107 Å². The van der Waals surface area contributed by atoms with Crippen LogP contribution in [-0.2, 0) is 6.54 Å². The van der Waals surface area contributed by atoms with E-state index in [9.17, 15) is 4.79 Å². The molecule has 1 aromatic heterocycles. The Morgan fingerprint density at radius 3 is 3.11 bits per heavy atom. The number of piperidine rings is 1. The molecule has 0 aliphatic carbocycles.